The lowest BCUT2D eigenvalue weighted by atomic mass is 9.59. The van der Waals surface area contributed by atoms with Gasteiger partial charge in [-0.15, -0.1) is 24.8 Å². The van der Waals surface area contributed by atoms with Crippen LogP contribution in [0.1, 0.15) is 49.8 Å². The van der Waals surface area contributed by atoms with Crippen molar-refractivity contribution in [3.63, 3.8) is 0 Å². The maximum Gasteiger partial charge on any atom is 0.0400 e. The topological polar surface area (TPSA) is 15.3 Å². The van der Waals surface area contributed by atoms with Crippen LogP contribution >= 0.6 is 24.8 Å². The summed E-state index contributed by atoms with van der Waals surface area (Å²) in [7, 11) is 0. The highest BCUT2D eigenvalue weighted by molar-refractivity contribution is 5.85. The maximum absolute atomic E-state index is 3.65. The fourth-order valence-electron chi connectivity index (χ4n) is 5.48. The minimum Gasteiger partial charge on any atom is -0.381 e. The SMILES string of the molecule is C[C@@H]1[C@H]2Cc3ccc(NCc4ccccc4)cc3[C@]1(C)CCN2CC1CC1.Cl.Cl. The van der Waals surface area contributed by atoms with E-state index >= 15 is 0 Å². The third-order valence-corrected chi connectivity index (χ3v) is 7.65. The zero-order valence-electron chi connectivity index (χ0n) is 17.6. The Kier molecular flexibility index (Phi) is 6.88. The first-order chi connectivity index (χ1) is 13.1. The van der Waals surface area contributed by atoms with E-state index in [-0.39, 0.29) is 24.8 Å². The van der Waals surface area contributed by atoms with Crippen molar-refractivity contribution in [2.45, 2.75) is 57.5 Å². The predicted octanol–water partition coefficient (Wildman–Crippen LogP) is 6.08. The molecule has 2 aromatic rings. The van der Waals surface area contributed by atoms with E-state index in [0.29, 0.717) is 5.41 Å². The molecule has 3 atom stereocenters. The summed E-state index contributed by atoms with van der Waals surface area (Å²) in [4.78, 5) is 2.83. The van der Waals surface area contributed by atoms with Crippen LogP contribution in [0.15, 0.2) is 48.5 Å². The zero-order chi connectivity index (χ0) is 18.4. The van der Waals surface area contributed by atoms with Gasteiger partial charge in [-0.2, -0.15) is 0 Å². The van der Waals surface area contributed by atoms with Crippen molar-refractivity contribution in [1.82, 2.24) is 4.90 Å². The van der Waals surface area contributed by atoms with Gasteiger partial charge < -0.3 is 5.32 Å². The molecule has 1 N–H and O–H groups in total. The Morgan fingerprint density at radius 1 is 1.07 bits per heavy atom. The van der Waals surface area contributed by atoms with Crippen LogP contribution in [0, 0.1) is 11.8 Å². The van der Waals surface area contributed by atoms with Gasteiger partial charge >= 0.3 is 0 Å². The van der Waals surface area contributed by atoms with E-state index in [2.05, 4.69) is 72.6 Å². The number of benzene rings is 2. The molecule has 3 aliphatic rings. The molecule has 2 nitrogen and oxygen atoms in total. The molecule has 1 aliphatic heterocycles. The molecule has 0 spiro atoms. The molecule has 0 radical (unpaired) electrons. The highest BCUT2D eigenvalue weighted by Crippen LogP contribution is 2.49. The van der Waals surface area contributed by atoms with Crippen molar-refractivity contribution in [3.8, 4) is 0 Å². The highest BCUT2D eigenvalue weighted by atomic mass is 35.5. The molecule has 1 saturated carbocycles. The molecule has 2 bridgehead atoms. The number of halogens is 2. The van der Waals surface area contributed by atoms with Gasteiger partial charge in [-0.05, 0) is 78.3 Å². The normalized spacial score (nSPS) is 27.9. The standard InChI is InChI=1S/C25H32N2.2ClH/c1-18-24-14-21-10-11-22(26-16-19-6-4-3-5-7-19)15-23(21)25(18,2)12-13-27(24)17-20-8-9-20;;/h3-7,10-11,15,18,20,24,26H,8-9,12-14,16-17H2,1-2H3;2*1H/t18-,24-,25-;;/m1../s1. The summed E-state index contributed by atoms with van der Waals surface area (Å²) in [6.07, 6.45) is 5.45. The van der Waals surface area contributed by atoms with Crippen LogP contribution in [0.4, 0.5) is 5.69 Å². The van der Waals surface area contributed by atoms with E-state index < -0.39 is 0 Å². The van der Waals surface area contributed by atoms with E-state index in [0.717, 1.165) is 24.4 Å². The van der Waals surface area contributed by atoms with E-state index in [4.69, 9.17) is 0 Å². The largest absolute Gasteiger partial charge is 0.381 e. The molecule has 0 amide bonds. The molecule has 1 heterocycles. The van der Waals surface area contributed by atoms with Crippen molar-refractivity contribution < 1.29 is 0 Å². The fraction of sp³-hybridized carbons (Fsp3) is 0.520. The molecule has 2 aliphatic carbocycles. The van der Waals surface area contributed by atoms with Crippen LogP contribution in [-0.4, -0.2) is 24.0 Å². The average molecular weight is 433 g/mol. The van der Waals surface area contributed by atoms with Gasteiger partial charge in [0, 0.05) is 24.8 Å². The zero-order valence-corrected chi connectivity index (χ0v) is 19.2. The number of piperidine rings is 1. The summed E-state index contributed by atoms with van der Waals surface area (Å²) in [5.41, 5.74) is 6.12. The second kappa shape index (κ2) is 8.88. The Morgan fingerprint density at radius 3 is 2.55 bits per heavy atom. The van der Waals surface area contributed by atoms with Crippen molar-refractivity contribution in [2.75, 3.05) is 18.4 Å². The summed E-state index contributed by atoms with van der Waals surface area (Å²) >= 11 is 0. The quantitative estimate of drug-likeness (QED) is 0.615. The number of fused-ring (bicyclic) bond motifs is 4. The van der Waals surface area contributed by atoms with Crippen LogP contribution in [0.25, 0.3) is 0 Å². The van der Waals surface area contributed by atoms with Gasteiger partial charge in [-0.3, -0.25) is 4.90 Å². The van der Waals surface area contributed by atoms with Gasteiger partial charge in [0.1, 0.15) is 0 Å². The molecule has 29 heavy (non-hydrogen) atoms. The first kappa shape index (κ1) is 22.5. The van der Waals surface area contributed by atoms with Gasteiger partial charge in [-0.25, -0.2) is 0 Å². The maximum atomic E-state index is 3.65. The summed E-state index contributed by atoms with van der Waals surface area (Å²) < 4.78 is 0. The van der Waals surface area contributed by atoms with Gasteiger partial charge in [0.25, 0.3) is 0 Å². The van der Waals surface area contributed by atoms with Gasteiger partial charge in [0.05, 0.1) is 0 Å². The lowest BCUT2D eigenvalue weighted by Crippen LogP contribution is -2.58. The Labute approximate surface area is 188 Å². The average Bonchev–Trinajstić information content (AvgIpc) is 3.50. The molecule has 0 unspecified atom stereocenters. The van der Waals surface area contributed by atoms with Crippen LogP contribution in [0.5, 0.6) is 0 Å². The first-order valence-corrected chi connectivity index (χ1v) is 10.8. The number of anilines is 1. The summed E-state index contributed by atoms with van der Waals surface area (Å²) in [5, 5.41) is 3.65. The molecular weight excluding hydrogens is 399 g/mol. The monoisotopic (exact) mass is 432 g/mol. The third-order valence-electron chi connectivity index (χ3n) is 7.65. The Hall–Kier alpha value is -1.22. The predicted molar refractivity (Wildman–Crippen MR) is 128 cm³/mol. The van der Waals surface area contributed by atoms with Crippen LogP contribution in [-0.2, 0) is 18.4 Å². The number of hydrogen-bond acceptors (Lipinski definition) is 2. The van der Waals surface area contributed by atoms with Crippen LogP contribution in [0.3, 0.4) is 0 Å². The molecule has 2 aromatic carbocycles. The number of hydrogen-bond donors (Lipinski definition) is 1. The second-order valence-corrected chi connectivity index (χ2v) is 9.38. The minimum atomic E-state index is 0. The molecule has 1 saturated heterocycles. The molecule has 0 aromatic heterocycles. The minimum absolute atomic E-state index is 0. The van der Waals surface area contributed by atoms with Crippen molar-refractivity contribution in [3.05, 3.63) is 65.2 Å². The summed E-state index contributed by atoms with van der Waals surface area (Å²) in [6, 6.07) is 18.6. The number of likely N-dealkylation sites (tertiary alicyclic amines) is 1. The highest BCUT2D eigenvalue weighted by Gasteiger charge is 2.48. The molecule has 4 heteroatoms. The van der Waals surface area contributed by atoms with E-state index in [1.54, 1.807) is 11.1 Å². The van der Waals surface area contributed by atoms with E-state index in [1.807, 2.05) is 0 Å². The molecular formula is C25H34Cl2N2. The van der Waals surface area contributed by atoms with Gasteiger partial charge in [0.15, 0.2) is 0 Å². The Bertz CT molecular complexity index is 821. The van der Waals surface area contributed by atoms with Crippen LogP contribution in [0.2, 0.25) is 0 Å². The Morgan fingerprint density at radius 2 is 1.83 bits per heavy atom. The lowest BCUT2D eigenvalue weighted by molar-refractivity contribution is 0.0284. The summed E-state index contributed by atoms with van der Waals surface area (Å²) in [5.74, 6) is 1.73. The van der Waals surface area contributed by atoms with Gasteiger partial charge in [0.2, 0.25) is 0 Å². The van der Waals surface area contributed by atoms with Crippen molar-refractivity contribution in [1.29, 1.82) is 0 Å². The number of rotatable bonds is 5. The second-order valence-electron chi connectivity index (χ2n) is 9.38. The molecule has 5 rings (SSSR count). The van der Waals surface area contributed by atoms with Crippen LogP contribution < -0.4 is 5.32 Å². The molecule has 158 valence electrons. The van der Waals surface area contributed by atoms with Crippen molar-refractivity contribution >= 4 is 30.5 Å². The van der Waals surface area contributed by atoms with E-state index in [9.17, 15) is 0 Å². The molecule has 2 fully saturated rings. The number of nitrogens with one attached hydrogen (secondary N) is 1. The number of nitrogens with zero attached hydrogens (tertiary/aromatic N) is 1. The first-order valence-electron chi connectivity index (χ1n) is 10.8. The van der Waals surface area contributed by atoms with E-state index in [1.165, 1.54) is 50.0 Å². The summed E-state index contributed by atoms with van der Waals surface area (Å²) in [6.45, 7) is 8.55. The Balaban J connectivity index is 0.00000120. The lowest BCUT2D eigenvalue weighted by Gasteiger charge is -2.55. The van der Waals surface area contributed by atoms with Crippen molar-refractivity contribution in [2.24, 2.45) is 11.8 Å². The van der Waals surface area contributed by atoms with Gasteiger partial charge in [-0.1, -0.05) is 50.2 Å². The fourth-order valence-corrected chi connectivity index (χ4v) is 5.48. The smallest absolute Gasteiger partial charge is 0.0400 e. The third kappa shape index (κ3) is 4.31.